The van der Waals surface area contributed by atoms with Crippen LogP contribution in [0.2, 0.25) is 0 Å². The molecule has 2 aromatic carbocycles. The molecule has 2 aromatic rings. The first-order valence-corrected chi connectivity index (χ1v) is 15.5. The number of ether oxygens (including phenoxy) is 3. The van der Waals surface area contributed by atoms with Gasteiger partial charge in [0.2, 0.25) is 11.8 Å². The van der Waals surface area contributed by atoms with E-state index in [0.717, 1.165) is 18.4 Å². The highest BCUT2D eigenvalue weighted by Gasteiger charge is 2.31. The lowest BCUT2D eigenvalue weighted by atomic mass is 9.99. The Balaban J connectivity index is 1.47. The Labute approximate surface area is 263 Å². The fourth-order valence-electron chi connectivity index (χ4n) is 5.36. The lowest BCUT2D eigenvalue weighted by molar-refractivity contribution is -0.135. The van der Waals surface area contributed by atoms with Crippen LogP contribution in [0, 0.1) is 11.7 Å². The van der Waals surface area contributed by atoms with Crippen LogP contribution in [-0.2, 0) is 41.6 Å². The number of alkyl carbamates (subject to hydrolysis) is 1. The zero-order valence-corrected chi connectivity index (χ0v) is 25.8. The van der Waals surface area contributed by atoms with Gasteiger partial charge in [0.25, 0.3) is 0 Å². The largest absolute Gasteiger partial charge is 0.462 e. The normalized spacial score (nSPS) is 19.1. The highest BCUT2D eigenvalue weighted by atomic mass is 19.1. The third-order valence-corrected chi connectivity index (χ3v) is 7.65. The van der Waals surface area contributed by atoms with E-state index in [4.69, 9.17) is 14.2 Å². The van der Waals surface area contributed by atoms with Gasteiger partial charge >= 0.3 is 12.1 Å². The van der Waals surface area contributed by atoms with Crippen molar-refractivity contribution in [2.75, 3.05) is 13.2 Å². The quantitative estimate of drug-likeness (QED) is 0.213. The molecule has 11 heteroatoms. The molecule has 0 aromatic heterocycles. The van der Waals surface area contributed by atoms with Crippen molar-refractivity contribution in [3.63, 3.8) is 0 Å². The predicted molar refractivity (Wildman–Crippen MR) is 164 cm³/mol. The zero-order valence-electron chi connectivity index (χ0n) is 25.8. The zero-order chi connectivity index (χ0) is 32.2. The molecule has 0 aliphatic carbocycles. The van der Waals surface area contributed by atoms with Crippen LogP contribution in [0.4, 0.5) is 9.18 Å². The fraction of sp³-hybridized carbons (Fsp3) is 0.471. The molecule has 2 aliphatic rings. The number of hydrogen-bond acceptors (Lipinski definition) is 7. The topological polar surface area (TPSA) is 132 Å². The minimum Gasteiger partial charge on any atom is -0.462 e. The van der Waals surface area contributed by atoms with Gasteiger partial charge in [0.05, 0.1) is 18.8 Å². The van der Waals surface area contributed by atoms with Crippen molar-refractivity contribution in [3.8, 4) is 0 Å². The van der Waals surface area contributed by atoms with E-state index in [0.29, 0.717) is 43.6 Å². The van der Waals surface area contributed by atoms with Gasteiger partial charge in [0.15, 0.2) is 0 Å². The first-order chi connectivity index (χ1) is 21.7. The van der Waals surface area contributed by atoms with Crippen molar-refractivity contribution in [2.24, 2.45) is 5.92 Å². The second-order valence-electron chi connectivity index (χ2n) is 11.8. The molecule has 0 radical (unpaired) electrons. The van der Waals surface area contributed by atoms with E-state index >= 15 is 0 Å². The maximum atomic E-state index is 13.7. The summed E-state index contributed by atoms with van der Waals surface area (Å²) in [6, 6.07) is 12.2. The van der Waals surface area contributed by atoms with Gasteiger partial charge in [0.1, 0.15) is 24.5 Å². The first-order valence-electron chi connectivity index (χ1n) is 15.5. The number of rotatable bonds is 14. The first kappa shape index (κ1) is 33.6. The molecule has 3 amide bonds. The summed E-state index contributed by atoms with van der Waals surface area (Å²) in [5, 5.41) is 8.44. The minimum atomic E-state index is -1.11. The number of carbonyl (C=O) groups excluding carboxylic acids is 4. The molecule has 4 atom stereocenters. The van der Waals surface area contributed by atoms with Gasteiger partial charge in [-0.1, -0.05) is 62.4 Å². The summed E-state index contributed by atoms with van der Waals surface area (Å²) in [4.78, 5) is 52.3. The summed E-state index contributed by atoms with van der Waals surface area (Å²) >= 11 is 0. The molecule has 0 saturated carbocycles. The standard InChI is InChI=1S/C34H42FN3O7/c1-22(2)17-29(31(39)36-27(20-28-9-6-15-43-28)19-25-14-16-44-33(25)41)37-32(40)30(18-23-10-12-26(35)13-11-23)38-34(42)45-21-24-7-4-3-5-8-24/h3-5,7-8,10-13,19,22,27-30H,6,9,14-18,20-21H2,1-2H3,(H,36,39)(H,37,40)(H,38,42)/b25-19+/t27-,28+,29+,30+/m1/s1. The third-order valence-electron chi connectivity index (χ3n) is 7.65. The Morgan fingerprint density at radius 3 is 2.33 bits per heavy atom. The Morgan fingerprint density at radius 2 is 1.69 bits per heavy atom. The monoisotopic (exact) mass is 623 g/mol. The van der Waals surface area contributed by atoms with E-state index in [9.17, 15) is 23.6 Å². The van der Waals surface area contributed by atoms with E-state index in [1.165, 1.54) is 24.3 Å². The summed E-state index contributed by atoms with van der Waals surface area (Å²) < 4.78 is 29.8. The number of hydrogen-bond donors (Lipinski definition) is 3. The summed E-state index contributed by atoms with van der Waals surface area (Å²) in [5.74, 6) is -1.80. The number of amides is 3. The molecule has 0 spiro atoms. The van der Waals surface area contributed by atoms with Gasteiger partial charge in [-0.2, -0.15) is 0 Å². The summed E-state index contributed by atoms with van der Waals surface area (Å²) in [7, 11) is 0. The van der Waals surface area contributed by atoms with E-state index in [1.807, 2.05) is 44.2 Å². The fourth-order valence-corrected chi connectivity index (χ4v) is 5.36. The molecular weight excluding hydrogens is 581 g/mol. The van der Waals surface area contributed by atoms with Crippen LogP contribution in [0.15, 0.2) is 66.2 Å². The van der Waals surface area contributed by atoms with E-state index in [-0.39, 0.29) is 25.0 Å². The SMILES string of the molecule is CC(C)C[C@H](NC(=O)[C@H](Cc1ccc(F)cc1)NC(=O)OCc1ccccc1)C(=O)N[C@H](/C=C1\CCOC1=O)C[C@@H]1CCCO1. The van der Waals surface area contributed by atoms with E-state index < -0.39 is 47.8 Å². The Bertz CT molecular complexity index is 1330. The van der Waals surface area contributed by atoms with Gasteiger partial charge in [-0.3, -0.25) is 9.59 Å². The molecule has 0 unspecified atom stereocenters. The number of halogens is 1. The number of cyclic esters (lactones) is 1. The molecule has 10 nitrogen and oxygen atoms in total. The molecule has 242 valence electrons. The Morgan fingerprint density at radius 1 is 0.956 bits per heavy atom. The minimum absolute atomic E-state index is 0.00505. The van der Waals surface area contributed by atoms with Crippen molar-refractivity contribution in [1.82, 2.24) is 16.0 Å². The molecule has 3 N–H and O–H groups in total. The molecule has 45 heavy (non-hydrogen) atoms. The van der Waals surface area contributed by atoms with Gasteiger partial charge in [-0.15, -0.1) is 0 Å². The van der Waals surface area contributed by atoms with Crippen molar-refractivity contribution in [3.05, 3.63) is 83.2 Å². The second-order valence-corrected chi connectivity index (χ2v) is 11.8. The Hall–Kier alpha value is -4.25. The third kappa shape index (κ3) is 11.0. The van der Waals surface area contributed by atoms with Crippen molar-refractivity contribution in [2.45, 2.75) is 83.2 Å². The van der Waals surface area contributed by atoms with Gasteiger partial charge < -0.3 is 30.2 Å². The van der Waals surface area contributed by atoms with Crippen molar-refractivity contribution in [1.29, 1.82) is 0 Å². The average molecular weight is 624 g/mol. The second kappa shape index (κ2) is 16.7. The summed E-state index contributed by atoms with van der Waals surface area (Å²) in [5.41, 5.74) is 1.89. The number of benzene rings is 2. The van der Waals surface area contributed by atoms with Crippen LogP contribution >= 0.6 is 0 Å². The molecular formula is C34H42FN3O7. The summed E-state index contributed by atoms with van der Waals surface area (Å²) in [6.07, 6.45) is 3.93. The Kier molecular flexibility index (Phi) is 12.5. The van der Waals surface area contributed by atoms with Gasteiger partial charge in [0, 0.05) is 25.0 Å². The molecule has 0 bridgehead atoms. The highest BCUT2D eigenvalue weighted by Crippen LogP contribution is 2.21. The molecule has 2 aliphatic heterocycles. The lowest BCUT2D eigenvalue weighted by Crippen LogP contribution is -2.55. The van der Waals surface area contributed by atoms with Gasteiger partial charge in [-0.25, -0.2) is 14.0 Å². The van der Waals surface area contributed by atoms with Crippen LogP contribution in [0.5, 0.6) is 0 Å². The number of carbonyl (C=O) groups is 4. The van der Waals surface area contributed by atoms with Crippen LogP contribution in [-0.4, -0.2) is 61.3 Å². The lowest BCUT2D eigenvalue weighted by Gasteiger charge is -2.26. The molecule has 2 saturated heterocycles. The van der Waals surface area contributed by atoms with Crippen LogP contribution < -0.4 is 16.0 Å². The predicted octanol–water partition coefficient (Wildman–Crippen LogP) is 4.12. The molecule has 2 fully saturated rings. The van der Waals surface area contributed by atoms with Gasteiger partial charge in [-0.05, 0) is 54.9 Å². The number of esters is 1. The van der Waals surface area contributed by atoms with E-state index in [2.05, 4.69) is 16.0 Å². The molecule has 2 heterocycles. The maximum absolute atomic E-state index is 13.7. The van der Waals surface area contributed by atoms with Crippen LogP contribution in [0.3, 0.4) is 0 Å². The smallest absolute Gasteiger partial charge is 0.408 e. The summed E-state index contributed by atoms with van der Waals surface area (Å²) in [6.45, 7) is 4.81. The number of nitrogens with one attached hydrogen (secondary N) is 3. The van der Waals surface area contributed by atoms with Crippen molar-refractivity contribution < 1.29 is 37.8 Å². The van der Waals surface area contributed by atoms with Crippen molar-refractivity contribution >= 4 is 23.9 Å². The average Bonchev–Trinajstić information content (AvgIpc) is 3.68. The van der Waals surface area contributed by atoms with E-state index in [1.54, 1.807) is 6.08 Å². The van der Waals surface area contributed by atoms with Crippen LogP contribution in [0.1, 0.15) is 57.1 Å². The highest BCUT2D eigenvalue weighted by molar-refractivity contribution is 5.92. The van der Waals surface area contributed by atoms with Crippen LogP contribution in [0.25, 0.3) is 0 Å². The maximum Gasteiger partial charge on any atom is 0.408 e. The molecule has 4 rings (SSSR count).